The van der Waals surface area contributed by atoms with Crippen LogP contribution in [0.4, 0.5) is 0 Å². The normalized spacial score (nSPS) is 14.9. The lowest BCUT2D eigenvalue weighted by Gasteiger charge is -2.15. The number of benzene rings is 2. The van der Waals surface area contributed by atoms with Crippen molar-refractivity contribution in [3.63, 3.8) is 0 Å². The molecule has 0 radical (unpaired) electrons. The lowest BCUT2D eigenvalue weighted by atomic mass is 10.1. The van der Waals surface area contributed by atoms with Gasteiger partial charge in [-0.25, -0.2) is 0 Å². The molecule has 0 bridgehead atoms. The number of fused-ring (bicyclic) bond motifs is 1. The number of aliphatic imine (C=N–C) groups is 1. The lowest BCUT2D eigenvalue weighted by molar-refractivity contribution is 0.534. The zero-order valence-corrected chi connectivity index (χ0v) is 10.6. The van der Waals surface area contributed by atoms with Gasteiger partial charge in [-0.15, -0.1) is 0 Å². The van der Waals surface area contributed by atoms with E-state index >= 15 is 0 Å². The highest BCUT2D eigenvalue weighted by atomic mass is 15.3. The SMILES string of the molecule is CN1CCN=C1NCc1ccc2ccccc2c1. The molecule has 0 spiro atoms. The Morgan fingerprint density at radius 3 is 2.78 bits per heavy atom. The van der Waals surface area contributed by atoms with Crippen LogP contribution in [-0.2, 0) is 6.54 Å². The summed E-state index contributed by atoms with van der Waals surface area (Å²) in [6, 6.07) is 15.0. The first kappa shape index (κ1) is 11.1. The molecule has 3 nitrogen and oxygen atoms in total. The van der Waals surface area contributed by atoms with Crippen molar-refractivity contribution in [1.82, 2.24) is 10.2 Å². The summed E-state index contributed by atoms with van der Waals surface area (Å²) in [6.07, 6.45) is 0. The molecule has 18 heavy (non-hydrogen) atoms. The van der Waals surface area contributed by atoms with Crippen LogP contribution in [-0.4, -0.2) is 31.0 Å². The van der Waals surface area contributed by atoms with E-state index in [2.05, 4.69) is 64.7 Å². The zero-order valence-electron chi connectivity index (χ0n) is 10.6. The molecular formula is C15H17N3. The number of likely N-dealkylation sites (N-methyl/N-ethyl adjacent to an activating group) is 1. The molecule has 0 atom stereocenters. The van der Waals surface area contributed by atoms with Crippen molar-refractivity contribution in [3.05, 3.63) is 48.0 Å². The standard InChI is InChI=1S/C15H17N3/c1-18-9-8-16-15(18)17-11-12-6-7-13-4-2-3-5-14(13)10-12/h2-7,10H,8-9,11H2,1H3,(H,16,17). The highest BCUT2D eigenvalue weighted by Crippen LogP contribution is 2.15. The molecule has 3 heteroatoms. The van der Waals surface area contributed by atoms with Crippen LogP contribution in [0.2, 0.25) is 0 Å². The van der Waals surface area contributed by atoms with Gasteiger partial charge in [-0.05, 0) is 22.4 Å². The summed E-state index contributed by atoms with van der Waals surface area (Å²) in [6.45, 7) is 2.74. The van der Waals surface area contributed by atoms with Crippen molar-refractivity contribution in [2.24, 2.45) is 4.99 Å². The smallest absolute Gasteiger partial charge is 0.194 e. The van der Waals surface area contributed by atoms with E-state index in [4.69, 9.17) is 0 Å². The number of nitrogens with zero attached hydrogens (tertiary/aromatic N) is 2. The van der Waals surface area contributed by atoms with Gasteiger partial charge in [0.15, 0.2) is 5.96 Å². The summed E-state index contributed by atoms with van der Waals surface area (Å²) in [4.78, 5) is 6.58. The first-order valence-electron chi connectivity index (χ1n) is 6.30. The number of rotatable bonds is 2. The molecule has 1 N–H and O–H groups in total. The van der Waals surface area contributed by atoms with Gasteiger partial charge >= 0.3 is 0 Å². The van der Waals surface area contributed by atoms with Crippen LogP contribution in [0.25, 0.3) is 10.8 Å². The third-order valence-corrected chi connectivity index (χ3v) is 3.32. The molecule has 0 amide bonds. The van der Waals surface area contributed by atoms with E-state index in [1.807, 2.05) is 0 Å². The summed E-state index contributed by atoms with van der Waals surface area (Å²) >= 11 is 0. The molecule has 0 fully saturated rings. The van der Waals surface area contributed by atoms with E-state index in [-0.39, 0.29) is 0 Å². The van der Waals surface area contributed by atoms with Crippen molar-refractivity contribution in [3.8, 4) is 0 Å². The van der Waals surface area contributed by atoms with E-state index in [1.54, 1.807) is 0 Å². The van der Waals surface area contributed by atoms with Crippen molar-refractivity contribution in [2.45, 2.75) is 6.54 Å². The first-order valence-corrected chi connectivity index (χ1v) is 6.30. The van der Waals surface area contributed by atoms with E-state index in [9.17, 15) is 0 Å². The number of hydrogen-bond acceptors (Lipinski definition) is 3. The van der Waals surface area contributed by atoms with Crippen molar-refractivity contribution in [1.29, 1.82) is 0 Å². The predicted molar refractivity (Wildman–Crippen MR) is 75.7 cm³/mol. The summed E-state index contributed by atoms with van der Waals surface area (Å²) in [5.41, 5.74) is 1.29. The van der Waals surface area contributed by atoms with Gasteiger partial charge < -0.3 is 10.2 Å². The molecule has 2 aromatic rings. The zero-order chi connectivity index (χ0) is 12.4. The lowest BCUT2D eigenvalue weighted by Crippen LogP contribution is -2.35. The largest absolute Gasteiger partial charge is 0.352 e. The van der Waals surface area contributed by atoms with Crippen molar-refractivity contribution < 1.29 is 0 Å². The Morgan fingerprint density at radius 1 is 1.17 bits per heavy atom. The van der Waals surface area contributed by atoms with Gasteiger partial charge in [0.1, 0.15) is 0 Å². The Kier molecular flexibility index (Phi) is 2.89. The van der Waals surface area contributed by atoms with Gasteiger partial charge in [0.2, 0.25) is 0 Å². The van der Waals surface area contributed by atoms with Crippen LogP contribution in [0.5, 0.6) is 0 Å². The molecule has 1 aliphatic heterocycles. The van der Waals surface area contributed by atoms with Crippen LogP contribution < -0.4 is 5.32 Å². The molecule has 1 aliphatic rings. The Labute approximate surface area is 107 Å². The maximum absolute atomic E-state index is 4.43. The summed E-state index contributed by atoms with van der Waals surface area (Å²) in [5, 5.41) is 5.97. The van der Waals surface area contributed by atoms with Gasteiger partial charge in [-0.3, -0.25) is 4.99 Å². The second-order valence-electron chi connectivity index (χ2n) is 4.66. The molecular weight excluding hydrogens is 222 g/mol. The molecule has 3 rings (SSSR count). The van der Waals surface area contributed by atoms with E-state index in [0.29, 0.717) is 0 Å². The highest BCUT2D eigenvalue weighted by molar-refractivity contribution is 5.83. The molecule has 0 unspecified atom stereocenters. The monoisotopic (exact) mass is 239 g/mol. The molecule has 0 saturated heterocycles. The predicted octanol–water partition coefficient (Wildman–Crippen LogP) is 2.23. The van der Waals surface area contributed by atoms with Gasteiger partial charge in [0, 0.05) is 20.1 Å². The maximum Gasteiger partial charge on any atom is 0.194 e. The number of guanidine groups is 1. The summed E-state index contributed by atoms with van der Waals surface area (Å²) in [7, 11) is 2.07. The number of hydrogen-bond donors (Lipinski definition) is 1. The molecule has 0 saturated carbocycles. The van der Waals surface area contributed by atoms with E-state index < -0.39 is 0 Å². The first-order chi connectivity index (χ1) is 8.83. The topological polar surface area (TPSA) is 27.6 Å². The highest BCUT2D eigenvalue weighted by Gasteiger charge is 2.11. The minimum atomic E-state index is 0.827. The molecule has 2 aromatic carbocycles. The quantitative estimate of drug-likeness (QED) is 0.870. The summed E-state index contributed by atoms with van der Waals surface area (Å²) < 4.78 is 0. The fraction of sp³-hybridized carbons (Fsp3) is 0.267. The van der Waals surface area contributed by atoms with Crippen LogP contribution in [0, 0.1) is 0 Å². The Balaban J connectivity index is 1.75. The van der Waals surface area contributed by atoms with Crippen molar-refractivity contribution in [2.75, 3.05) is 20.1 Å². The second kappa shape index (κ2) is 4.69. The summed E-state index contributed by atoms with van der Waals surface area (Å²) in [5.74, 6) is 1.00. The second-order valence-corrected chi connectivity index (χ2v) is 4.66. The third kappa shape index (κ3) is 2.16. The van der Waals surface area contributed by atoms with Crippen molar-refractivity contribution >= 4 is 16.7 Å². The van der Waals surface area contributed by atoms with Crippen LogP contribution in [0.1, 0.15) is 5.56 Å². The third-order valence-electron chi connectivity index (χ3n) is 3.32. The minimum absolute atomic E-state index is 0.827. The van der Waals surface area contributed by atoms with Crippen LogP contribution in [0.3, 0.4) is 0 Å². The molecule has 92 valence electrons. The fourth-order valence-corrected chi connectivity index (χ4v) is 2.25. The molecule has 0 aromatic heterocycles. The van der Waals surface area contributed by atoms with Gasteiger partial charge in [0.25, 0.3) is 0 Å². The molecule has 1 heterocycles. The van der Waals surface area contributed by atoms with Gasteiger partial charge in [-0.1, -0.05) is 36.4 Å². The maximum atomic E-state index is 4.43. The average molecular weight is 239 g/mol. The van der Waals surface area contributed by atoms with Gasteiger partial charge in [-0.2, -0.15) is 0 Å². The number of nitrogens with one attached hydrogen (secondary N) is 1. The van der Waals surface area contributed by atoms with E-state index in [0.717, 1.165) is 25.6 Å². The van der Waals surface area contributed by atoms with Crippen LogP contribution >= 0.6 is 0 Å². The Morgan fingerprint density at radius 2 is 2.00 bits per heavy atom. The van der Waals surface area contributed by atoms with Gasteiger partial charge in [0.05, 0.1) is 6.54 Å². The Hall–Kier alpha value is -2.03. The average Bonchev–Trinajstić information content (AvgIpc) is 2.82. The Bertz CT molecular complexity index is 589. The van der Waals surface area contributed by atoms with E-state index in [1.165, 1.54) is 16.3 Å². The molecule has 0 aliphatic carbocycles. The van der Waals surface area contributed by atoms with Crippen LogP contribution in [0.15, 0.2) is 47.5 Å². The minimum Gasteiger partial charge on any atom is -0.352 e. The fourth-order valence-electron chi connectivity index (χ4n) is 2.25.